The predicted octanol–water partition coefficient (Wildman–Crippen LogP) is 1.23. The Bertz CT molecular complexity index is 362. The Morgan fingerprint density at radius 2 is 2.11 bits per heavy atom. The molecule has 2 atom stereocenters. The van der Waals surface area contributed by atoms with Crippen LogP contribution in [0.5, 0.6) is 0 Å². The molecule has 0 aromatic carbocycles. The Kier molecular flexibility index (Phi) is 4.13. The van der Waals surface area contributed by atoms with E-state index in [1.807, 2.05) is 13.8 Å². The Hall–Kier alpha value is -1.10. The number of likely N-dealkylation sites (tertiary alicyclic amines) is 1. The lowest BCUT2D eigenvalue weighted by Crippen LogP contribution is -2.56. The molecule has 1 amide bonds. The highest BCUT2D eigenvalue weighted by atomic mass is 16.4. The van der Waals surface area contributed by atoms with Gasteiger partial charge in [-0.15, -0.1) is 0 Å². The molecule has 19 heavy (non-hydrogen) atoms. The molecule has 0 aliphatic carbocycles. The van der Waals surface area contributed by atoms with Crippen LogP contribution < -0.4 is 5.32 Å². The molecule has 2 saturated heterocycles. The molecule has 2 rings (SSSR count). The smallest absolute Gasteiger partial charge is 0.326 e. The maximum Gasteiger partial charge on any atom is 0.326 e. The van der Waals surface area contributed by atoms with Gasteiger partial charge in [-0.25, -0.2) is 4.79 Å². The van der Waals surface area contributed by atoms with Gasteiger partial charge in [-0.2, -0.15) is 0 Å². The van der Waals surface area contributed by atoms with E-state index >= 15 is 0 Å². The van der Waals surface area contributed by atoms with Gasteiger partial charge in [-0.05, 0) is 37.6 Å². The Labute approximate surface area is 114 Å². The van der Waals surface area contributed by atoms with Crippen LogP contribution in [0.3, 0.4) is 0 Å². The number of piperidine rings is 1. The summed E-state index contributed by atoms with van der Waals surface area (Å²) >= 11 is 0. The molecule has 2 heterocycles. The topological polar surface area (TPSA) is 69.6 Å². The van der Waals surface area contributed by atoms with E-state index in [2.05, 4.69) is 5.32 Å². The number of hydrogen-bond donors (Lipinski definition) is 2. The van der Waals surface area contributed by atoms with Crippen LogP contribution in [0.15, 0.2) is 0 Å². The van der Waals surface area contributed by atoms with Crippen molar-refractivity contribution in [3.05, 3.63) is 0 Å². The average Bonchev–Trinajstić information content (AvgIpc) is 2.79. The molecule has 0 saturated carbocycles. The highest BCUT2D eigenvalue weighted by molar-refractivity contribution is 5.84. The maximum atomic E-state index is 12.4. The first-order valence-electron chi connectivity index (χ1n) is 7.17. The van der Waals surface area contributed by atoms with Crippen molar-refractivity contribution in [2.45, 2.75) is 58.0 Å². The van der Waals surface area contributed by atoms with Gasteiger partial charge in [0.25, 0.3) is 0 Å². The second-order valence-corrected chi connectivity index (χ2v) is 6.42. The van der Waals surface area contributed by atoms with Crippen LogP contribution in [-0.4, -0.2) is 47.1 Å². The highest BCUT2D eigenvalue weighted by Gasteiger charge is 2.44. The third-order valence-electron chi connectivity index (χ3n) is 4.41. The fraction of sp³-hybridized carbons (Fsp3) is 0.857. The fourth-order valence-electron chi connectivity index (χ4n) is 3.39. The molecule has 0 spiro atoms. The predicted molar refractivity (Wildman–Crippen MR) is 71.8 cm³/mol. The van der Waals surface area contributed by atoms with Crippen molar-refractivity contribution >= 4 is 11.9 Å². The monoisotopic (exact) mass is 268 g/mol. The lowest BCUT2D eigenvalue weighted by molar-refractivity contribution is -0.159. The first kappa shape index (κ1) is 14.3. The standard InChI is InChI=1S/C14H24N2O3/c1-14(2)6-4-8-16(12(14)13(18)19)11(17)9-10-5-3-7-15-10/h10,12,15H,3-9H2,1-2H3,(H,18,19). The molecule has 108 valence electrons. The van der Waals surface area contributed by atoms with Gasteiger partial charge in [0.2, 0.25) is 5.91 Å². The van der Waals surface area contributed by atoms with Crippen LogP contribution in [0.2, 0.25) is 0 Å². The number of amides is 1. The van der Waals surface area contributed by atoms with Crippen molar-refractivity contribution in [2.24, 2.45) is 5.41 Å². The summed E-state index contributed by atoms with van der Waals surface area (Å²) in [6, 6.07) is -0.456. The molecule has 2 fully saturated rings. The third kappa shape index (κ3) is 3.08. The summed E-state index contributed by atoms with van der Waals surface area (Å²) in [6.07, 6.45) is 4.29. The molecule has 0 aromatic rings. The minimum atomic E-state index is -0.877. The zero-order chi connectivity index (χ0) is 14.0. The van der Waals surface area contributed by atoms with Gasteiger partial charge in [0.15, 0.2) is 0 Å². The average molecular weight is 268 g/mol. The minimum absolute atomic E-state index is 0.0143. The molecule has 5 nitrogen and oxygen atoms in total. The third-order valence-corrected chi connectivity index (χ3v) is 4.41. The van der Waals surface area contributed by atoms with Crippen molar-refractivity contribution in [2.75, 3.05) is 13.1 Å². The Balaban J connectivity index is 2.07. The molecule has 2 aliphatic heterocycles. The maximum absolute atomic E-state index is 12.4. The summed E-state index contributed by atoms with van der Waals surface area (Å²) in [5.41, 5.74) is -0.344. The zero-order valence-corrected chi connectivity index (χ0v) is 11.8. The second-order valence-electron chi connectivity index (χ2n) is 6.42. The van der Waals surface area contributed by atoms with Gasteiger partial charge in [0, 0.05) is 19.0 Å². The molecule has 0 aromatic heterocycles. The highest BCUT2D eigenvalue weighted by Crippen LogP contribution is 2.35. The Morgan fingerprint density at radius 3 is 2.68 bits per heavy atom. The fourth-order valence-corrected chi connectivity index (χ4v) is 3.39. The number of carbonyl (C=O) groups is 2. The lowest BCUT2D eigenvalue weighted by atomic mass is 9.76. The molecule has 2 aliphatic rings. The molecular weight excluding hydrogens is 244 g/mol. The minimum Gasteiger partial charge on any atom is -0.480 e. The number of hydrogen-bond acceptors (Lipinski definition) is 3. The first-order valence-corrected chi connectivity index (χ1v) is 7.17. The van der Waals surface area contributed by atoms with Crippen molar-refractivity contribution in [1.82, 2.24) is 10.2 Å². The number of aliphatic carboxylic acids is 1. The summed E-state index contributed by atoms with van der Waals surface area (Å²) in [5, 5.41) is 12.7. The van der Waals surface area contributed by atoms with E-state index in [-0.39, 0.29) is 17.4 Å². The first-order chi connectivity index (χ1) is 8.92. The molecular formula is C14H24N2O3. The number of carboxylic acid groups (broad SMARTS) is 1. The SMILES string of the molecule is CC1(C)CCCN(C(=O)CC2CCCN2)C1C(=O)O. The van der Waals surface area contributed by atoms with Crippen molar-refractivity contribution in [3.8, 4) is 0 Å². The van der Waals surface area contributed by atoms with E-state index < -0.39 is 12.0 Å². The van der Waals surface area contributed by atoms with E-state index in [0.717, 1.165) is 32.2 Å². The summed E-state index contributed by atoms with van der Waals surface area (Å²) < 4.78 is 0. The Morgan fingerprint density at radius 1 is 1.37 bits per heavy atom. The lowest BCUT2D eigenvalue weighted by Gasteiger charge is -2.44. The van der Waals surface area contributed by atoms with E-state index in [4.69, 9.17) is 0 Å². The van der Waals surface area contributed by atoms with Crippen LogP contribution in [0.4, 0.5) is 0 Å². The normalized spacial score (nSPS) is 30.3. The number of nitrogens with zero attached hydrogens (tertiary/aromatic N) is 1. The summed E-state index contributed by atoms with van der Waals surface area (Å²) in [4.78, 5) is 25.5. The second kappa shape index (κ2) is 5.49. The quantitative estimate of drug-likeness (QED) is 0.807. The number of carboxylic acids is 1. The van der Waals surface area contributed by atoms with Gasteiger partial charge >= 0.3 is 5.97 Å². The summed E-state index contributed by atoms with van der Waals surface area (Å²) in [6.45, 7) is 5.43. The molecule has 0 radical (unpaired) electrons. The van der Waals surface area contributed by atoms with E-state index in [9.17, 15) is 14.7 Å². The van der Waals surface area contributed by atoms with Crippen molar-refractivity contribution < 1.29 is 14.7 Å². The van der Waals surface area contributed by atoms with Crippen molar-refractivity contribution in [1.29, 1.82) is 0 Å². The summed E-state index contributed by atoms with van der Waals surface area (Å²) in [5.74, 6) is -0.892. The zero-order valence-electron chi connectivity index (χ0n) is 11.8. The van der Waals surface area contributed by atoms with Crippen LogP contribution in [0.1, 0.15) is 46.0 Å². The van der Waals surface area contributed by atoms with Crippen LogP contribution in [0, 0.1) is 5.41 Å². The van der Waals surface area contributed by atoms with E-state index in [0.29, 0.717) is 13.0 Å². The number of nitrogens with one attached hydrogen (secondary N) is 1. The van der Waals surface area contributed by atoms with Gasteiger partial charge in [0.1, 0.15) is 6.04 Å². The molecule has 2 N–H and O–H groups in total. The van der Waals surface area contributed by atoms with Crippen LogP contribution in [-0.2, 0) is 9.59 Å². The van der Waals surface area contributed by atoms with Gasteiger partial charge < -0.3 is 15.3 Å². The number of rotatable bonds is 3. The van der Waals surface area contributed by atoms with Gasteiger partial charge in [-0.1, -0.05) is 13.8 Å². The number of carbonyl (C=O) groups excluding carboxylic acids is 1. The molecule has 5 heteroatoms. The largest absolute Gasteiger partial charge is 0.480 e. The van der Waals surface area contributed by atoms with Crippen LogP contribution in [0.25, 0.3) is 0 Å². The molecule has 0 bridgehead atoms. The van der Waals surface area contributed by atoms with Gasteiger partial charge in [-0.3, -0.25) is 4.79 Å². The molecule has 2 unspecified atom stereocenters. The van der Waals surface area contributed by atoms with E-state index in [1.165, 1.54) is 0 Å². The van der Waals surface area contributed by atoms with Crippen LogP contribution >= 0.6 is 0 Å². The summed E-state index contributed by atoms with van der Waals surface area (Å²) in [7, 11) is 0. The van der Waals surface area contributed by atoms with E-state index in [1.54, 1.807) is 4.90 Å². The van der Waals surface area contributed by atoms with Crippen molar-refractivity contribution in [3.63, 3.8) is 0 Å². The van der Waals surface area contributed by atoms with Gasteiger partial charge in [0.05, 0.1) is 0 Å².